The lowest BCUT2D eigenvalue weighted by atomic mass is 10.0. The Hall–Kier alpha value is -1.20. The maximum Gasteiger partial charge on any atom is 0.187 e. The van der Waals surface area contributed by atoms with Gasteiger partial charge in [-0.1, -0.05) is 18.2 Å². The summed E-state index contributed by atoms with van der Waals surface area (Å²) in [6.45, 7) is 0. The van der Waals surface area contributed by atoms with Gasteiger partial charge >= 0.3 is 0 Å². The van der Waals surface area contributed by atoms with E-state index in [9.17, 15) is 0 Å². The van der Waals surface area contributed by atoms with Gasteiger partial charge in [-0.3, -0.25) is 5.43 Å². The zero-order chi connectivity index (χ0) is 12.4. The first-order chi connectivity index (χ1) is 8.81. The van der Waals surface area contributed by atoms with Crippen molar-refractivity contribution in [3.63, 3.8) is 0 Å². The number of thiocarbonyl (C=S) groups is 1. The van der Waals surface area contributed by atoms with Gasteiger partial charge in [0, 0.05) is 10.9 Å². The van der Waals surface area contributed by atoms with Gasteiger partial charge in [0.25, 0.3) is 0 Å². The molecule has 0 radical (unpaired) electrons. The Balaban J connectivity index is 1.46. The molecule has 5 heteroatoms. The van der Waals surface area contributed by atoms with Crippen molar-refractivity contribution in [2.24, 2.45) is 16.9 Å². The third kappa shape index (κ3) is 2.62. The molecule has 2 aliphatic carbocycles. The summed E-state index contributed by atoms with van der Waals surface area (Å²) in [6.07, 6.45) is 8.90. The van der Waals surface area contributed by atoms with Crippen LogP contribution >= 0.6 is 23.6 Å². The van der Waals surface area contributed by atoms with Gasteiger partial charge in [0.15, 0.2) is 5.11 Å². The van der Waals surface area contributed by atoms with Crippen LogP contribution in [-0.2, 0) is 0 Å². The van der Waals surface area contributed by atoms with E-state index >= 15 is 0 Å². The van der Waals surface area contributed by atoms with Crippen LogP contribution in [0.4, 0.5) is 0 Å². The molecule has 1 saturated carbocycles. The van der Waals surface area contributed by atoms with Gasteiger partial charge in [-0.15, -0.1) is 11.3 Å². The highest BCUT2D eigenvalue weighted by atomic mass is 32.1. The van der Waals surface area contributed by atoms with Gasteiger partial charge < -0.3 is 5.32 Å². The SMILES string of the molecule is S=C(N/N=C\c1cccs1)N[C@@H]1C[C@@H]2C=C[C@H]1C2. The number of rotatable bonds is 3. The molecule has 18 heavy (non-hydrogen) atoms. The third-order valence-corrected chi connectivity index (χ3v) is 4.51. The first-order valence-electron chi connectivity index (χ1n) is 6.12. The van der Waals surface area contributed by atoms with Crippen LogP contribution in [0.5, 0.6) is 0 Å². The van der Waals surface area contributed by atoms with Crippen LogP contribution in [0.15, 0.2) is 34.8 Å². The van der Waals surface area contributed by atoms with Gasteiger partial charge in [-0.2, -0.15) is 5.10 Å². The maximum absolute atomic E-state index is 5.24. The summed E-state index contributed by atoms with van der Waals surface area (Å²) in [5, 5.41) is 10.1. The van der Waals surface area contributed by atoms with E-state index in [0.717, 1.165) is 10.8 Å². The second kappa shape index (κ2) is 5.20. The van der Waals surface area contributed by atoms with E-state index < -0.39 is 0 Å². The Morgan fingerprint density at radius 3 is 3.06 bits per heavy atom. The van der Waals surface area contributed by atoms with E-state index in [2.05, 4.69) is 28.0 Å². The van der Waals surface area contributed by atoms with E-state index in [1.807, 2.05) is 17.5 Å². The average Bonchev–Trinajstić information content (AvgIpc) is 3.04. The predicted octanol–water partition coefficient (Wildman–Crippen LogP) is 2.51. The summed E-state index contributed by atoms with van der Waals surface area (Å²) in [5.74, 6) is 1.40. The Morgan fingerprint density at radius 2 is 2.39 bits per heavy atom. The third-order valence-electron chi connectivity index (χ3n) is 3.50. The van der Waals surface area contributed by atoms with Crippen molar-refractivity contribution in [2.75, 3.05) is 0 Å². The highest BCUT2D eigenvalue weighted by molar-refractivity contribution is 7.80. The average molecular weight is 277 g/mol. The minimum Gasteiger partial charge on any atom is -0.358 e. The van der Waals surface area contributed by atoms with E-state index in [1.165, 1.54) is 12.8 Å². The molecule has 2 aliphatic rings. The Morgan fingerprint density at radius 1 is 1.44 bits per heavy atom. The molecule has 3 atom stereocenters. The molecular weight excluding hydrogens is 262 g/mol. The quantitative estimate of drug-likeness (QED) is 0.386. The summed E-state index contributed by atoms with van der Waals surface area (Å²) in [4.78, 5) is 1.12. The van der Waals surface area contributed by atoms with Gasteiger partial charge in [0.2, 0.25) is 0 Å². The van der Waals surface area contributed by atoms with Crippen molar-refractivity contribution < 1.29 is 0 Å². The maximum atomic E-state index is 5.24. The van der Waals surface area contributed by atoms with Crippen molar-refractivity contribution in [3.05, 3.63) is 34.5 Å². The fraction of sp³-hybridized carbons (Fsp3) is 0.385. The molecule has 3 nitrogen and oxygen atoms in total. The Bertz CT molecular complexity index is 478. The standard InChI is InChI=1S/C13H15N3S2/c17-13(16-14-8-11-2-1-5-18-11)15-12-7-9-3-4-10(12)6-9/h1-5,8-10,12H,6-7H2,(H2,15,16,17)/b14-8-/t9-,10+,12-/m1/s1. The number of nitrogens with zero attached hydrogens (tertiary/aromatic N) is 1. The molecule has 1 aromatic rings. The summed E-state index contributed by atoms with van der Waals surface area (Å²) < 4.78 is 0. The number of thiophene rings is 1. The first kappa shape index (κ1) is 11.9. The summed E-state index contributed by atoms with van der Waals surface area (Å²) in [7, 11) is 0. The second-order valence-electron chi connectivity index (χ2n) is 4.75. The molecule has 0 spiro atoms. The fourth-order valence-electron chi connectivity index (χ4n) is 2.67. The van der Waals surface area contributed by atoms with E-state index in [0.29, 0.717) is 17.1 Å². The lowest BCUT2D eigenvalue weighted by Gasteiger charge is -2.20. The monoisotopic (exact) mass is 277 g/mol. The fourth-order valence-corrected chi connectivity index (χ4v) is 3.46. The molecule has 3 rings (SSSR count). The molecule has 0 saturated heterocycles. The lowest BCUT2D eigenvalue weighted by Crippen LogP contribution is -2.42. The molecule has 0 aromatic carbocycles. The minimum atomic E-state index is 0.483. The molecular formula is C13H15N3S2. The first-order valence-corrected chi connectivity index (χ1v) is 7.41. The zero-order valence-electron chi connectivity index (χ0n) is 9.87. The van der Waals surface area contributed by atoms with Crippen molar-refractivity contribution in [2.45, 2.75) is 18.9 Å². The Kier molecular flexibility index (Phi) is 3.43. The van der Waals surface area contributed by atoms with Gasteiger partial charge in [0.1, 0.15) is 0 Å². The number of hydrogen-bond acceptors (Lipinski definition) is 3. The topological polar surface area (TPSA) is 36.4 Å². The number of nitrogens with one attached hydrogen (secondary N) is 2. The van der Waals surface area contributed by atoms with Crippen LogP contribution in [0.25, 0.3) is 0 Å². The highest BCUT2D eigenvalue weighted by Crippen LogP contribution is 2.38. The van der Waals surface area contributed by atoms with E-state index in [1.54, 1.807) is 17.6 Å². The van der Waals surface area contributed by atoms with Crippen LogP contribution in [0, 0.1) is 11.8 Å². The lowest BCUT2D eigenvalue weighted by molar-refractivity contribution is 0.521. The molecule has 2 bridgehead atoms. The molecule has 0 amide bonds. The van der Waals surface area contributed by atoms with Crippen molar-refractivity contribution >= 4 is 34.9 Å². The van der Waals surface area contributed by atoms with Crippen molar-refractivity contribution in [3.8, 4) is 0 Å². The molecule has 0 unspecified atom stereocenters. The zero-order valence-corrected chi connectivity index (χ0v) is 11.5. The van der Waals surface area contributed by atoms with Crippen LogP contribution < -0.4 is 10.7 Å². The molecule has 94 valence electrons. The van der Waals surface area contributed by atoms with Crippen molar-refractivity contribution in [1.82, 2.24) is 10.7 Å². The molecule has 2 N–H and O–H groups in total. The van der Waals surface area contributed by atoms with E-state index in [4.69, 9.17) is 12.2 Å². The number of hydrazone groups is 1. The number of allylic oxidation sites excluding steroid dienone is 1. The highest BCUT2D eigenvalue weighted by Gasteiger charge is 2.35. The van der Waals surface area contributed by atoms with Crippen LogP contribution in [0.3, 0.4) is 0 Å². The van der Waals surface area contributed by atoms with Crippen LogP contribution in [-0.4, -0.2) is 17.4 Å². The molecule has 1 heterocycles. The van der Waals surface area contributed by atoms with E-state index in [-0.39, 0.29) is 0 Å². The van der Waals surface area contributed by atoms with Crippen LogP contribution in [0.1, 0.15) is 17.7 Å². The molecule has 1 fully saturated rings. The second-order valence-corrected chi connectivity index (χ2v) is 6.13. The predicted molar refractivity (Wildman–Crippen MR) is 79.9 cm³/mol. The minimum absolute atomic E-state index is 0.483. The van der Waals surface area contributed by atoms with Crippen molar-refractivity contribution in [1.29, 1.82) is 0 Å². The number of fused-ring (bicyclic) bond motifs is 2. The van der Waals surface area contributed by atoms with Crippen LogP contribution in [0.2, 0.25) is 0 Å². The smallest absolute Gasteiger partial charge is 0.187 e. The van der Waals surface area contributed by atoms with Gasteiger partial charge in [-0.05, 0) is 48.3 Å². The number of hydrogen-bond donors (Lipinski definition) is 2. The largest absolute Gasteiger partial charge is 0.358 e. The van der Waals surface area contributed by atoms with Gasteiger partial charge in [-0.25, -0.2) is 0 Å². The summed E-state index contributed by atoms with van der Waals surface area (Å²) in [5.41, 5.74) is 2.88. The molecule has 0 aliphatic heterocycles. The normalized spacial score (nSPS) is 29.0. The van der Waals surface area contributed by atoms with Gasteiger partial charge in [0.05, 0.1) is 6.21 Å². The Labute approximate surface area is 116 Å². The molecule has 1 aromatic heterocycles. The summed E-state index contributed by atoms with van der Waals surface area (Å²) >= 11 is 6.90. The summed E-state index contributed by atoms with van der Waals surface area (Å²) in [6, 6.07) is 4.51.